The van der Waals surface area contributed by atoms with Gasteiger partial charge in [-0.25, -0.2) is 4.79 Å². The van der Waals surface area contributed by atoms with Crippen molar-refractivity contribution in [3.63, 3.8) is 0 Å². The van der Waals surface area contributed by atoms with Gasteiger partial charge in [-0.15, -0.1) is 0 Å². The Bertz CT molecular complexity index is 1080. The first kappa shape index (κ1) is 34.2. The van der Waals surface area contributed by atoms with E-state index in [-0.39, 0.29) is 31.2 Å². The molecule has 236 valence electrons. The summed E-state index contributed by atoms with van der Waals surface area (Å²) < 4.78 is 23.0. The zero-order chi connectivity index (χ0) is 30.5. The van der Waals surface area contributed by atoms with E-state index in [4.69, 9.17) is 18.9 Å². The van der Waals surface area contributed by atoms with E-state index in [1.165, 1.54) is 64.2 Å². The van der Waals surface area contributed by atoms with Crippen LogP contribution in [-0.4, -0.2) is 35.9 Å². The number of hydrogen-bond acceptors (Lipinski definition) is 7. The van der Waals surface area contributed by atoms with Gasteiger partial charge in [-0.1, -0.05) is 145 Å². The van der Waals surface area contributed by atoms with E-state index in [1.807, 2.05) is 60.7 Å². The first-order valence-corrected chi connectivity index (χ1v) is 16.2. The van der Waals surface area contributed by atoms with E-state index in [1.54, 1.807) is 0 Å². The van der Waals surface area contributed by atoms with Crippen LogP contribution in [0.2, 0.25) is 0 Å². The molecule has 2 atom stereocenters. The van der Waals surface area contributed by atoms with E-state index in [9.17, 15) is 14.7 Å². The number of benzene rings is 2. The monoisotopic (exact) mass is 594 g/mol. The first-order valence-electron chi connectivity index (χ1n) is 16.2. The quantitative estimate of drug-likeness (QED) is 0.103. The average molecular weight is 595 g/mol. The SMILES string of the molecule is CCCCCCCCCCCCCCCC(=O)O[C@@H](CO)[C@H]1OC(=O)C(OCc2ccccc2)=C1OCc1ccccc1. The smallest absolute Gasteiger partial charge is 0.378 e. The third-order valence-electron chi connectivity index (χ3n) is 7.65. The van der Waals surface area contributed by atoms with Gasteiger partial charge < -0.3 is 24.1 Å². The minimum Gasteiger partial charge on any atom is -0.485 e. The highest BCUT2D eigenvalue weighted by Gasteiger charge is 2.44. The molecule has 2 aromatic rings. The summed E-state index contributed by atoms with van der Waals surface area (Å²) in [6.07, 6.45) is 13.9. The highest BCUT2D eigenvalue weighted by molar-refractivity contribution is 5.89. The van der Waals surface area contributed by atoms with Gasteiger partial charge >= 0.3 is 11.9 Å². The van der Waals surface area contributed by atoms with E-state index in [0.717, 1.165) is 30.4 Å². The Balaban J connectivity index is 1.45. The Morgan fingerprint density at radius 3 is 1.74 bits per heavy atom. The van der Waals surface area contributed by atoms with Gasteiger partial charge in [-0.3, -0.25) is 4.79 Å². The summed E-state index contributed by atoms with van der Waals surface area (Å²) in [5.41, 5.74) is 1.76. The van der Waals surface area contributed by atoms with E-state index in [0.29, 0.717) is 0 Å². The highest BCUT2D eigenvalue weighted by Crippen LogP contribution is 2.30. The fourth-order valence-electron chi connectivity index (χ4n) is 5.15. The summed E-state index contributed by atoms with van der Waals surface area (Å²) in [5, 5.41) is 10.1. The lowest BCUT2D eigenvalue weighted by molar-refractivity contribution is -0.166. The van der Waals surface area contributed by atoms with Crippen molar-refractivity contribution in [1.29, 1.82) is 0 Å². The van der Waals surface area contributed by atoms with Crippen molar-refractivity contribution >= 4 is 11.9 Å². The molecule has 0 bridgehead atoms. The number of carbonyl (C=O) groups is 2. The van der Waals surface area contributed by atoms with E-state index < -0.39 is 30.8 Å². The maximum absolute atomic E-state index is 12.8. The zero-order valence-electron chi connectivity index (χ0n) is 25.8. The lowest BCUT2D eigenvalue weighted by atomic mass is 10.0. The van der Waals surface area contributed by atoms with Crippen molar-refractivity contribution in [2.24, 2.45) is 0 Å². The summed E-state index contributed by atoms with van der Waals surface area (Å²) in [5.74, 6) is -1.09. The van der Waals surface area contributed by atoms with Gasteiger partial charge in [0.15, 0.2) is 11.9 Å². The molecule has 0 aliphatic carbocycles. The Morgan fingerprint density at radius 1 is 0.744 bits per heavy atom. The van der Waals surface area contributed by atoms with Crippen LogP contribution in [0.4, 0.5) is 0 Å². The summed E-state index contributed by atoms with van der Waals surface area (Å²) in [4.78, 5) is 25.5. The number of aliphatic hydroxyl groups excluding tert-OH is 1. The van der Waals surface area contributed by atoms with Crippen molar-refractivity contribution in [2.75, 3.05) is 6.61 Å². The molecule has 0 unspecified atom stereocenters. The minimum absolute atomic E-state index is 0.0734. The molecule has 1 N–H and O–H groups in total. The van der Waals surface area contributed by atoms with Gasteiger partial charge in [-0.05, 0) is 17.5 Å². The molecule has 1 aliphatic rings. The van der Waals surface area contributed by atoms with Crippen LogP contribution < -0.4 is 0 Å². The molecular formula is C36H50O7. The number of esters is 2. The second-order valence-electron chi connectivity index (χ2n) is 11.3. The van der Waals surface area contributed by atoms with Gasteiger partial charge in [0.25, 0.3) is 0 Å². The maximum Gasteiger partial charge on any atom is 0.378 e. The largest absolute Gasteiger partial charge is 0.485 e. The number of unbranched alkanes of at least 4 members (excludes halogenated alkanes) is 12. The van der Waals surface area contributed by atoms with Crippen LogP contribution in [0.15, 0.2) is 72.2 Å². The molecular weight excluding hydrogens is 544 g/mol. The Labute approximate surface area is 257 Å². The van der Waals surface area contributed by atoms with Crippen LogP contribution in [0.1, 0.15) is 108 Å². The van der Waals surface area contributed by atoms with Crippen LogP contribution in [0.25, 0.3) is 0 Å². The second-order valence-corrected chi connectivity index (χ2v) is 11.3. The molecule has 0 aromatic heterocycles. The third-order valence-corrected chi connectivity index (χ3v) is 7.65. The number of carbonyl (C=O) groups excluding carboxylic acids is 2. The number of ether oxygens (including phenoxy) is 4. The fraction of sp³-hybridized carbons (Fsp3) is 0.556. The molecule has 3 rings (SSSR count). The lowest BCUT2D eigenvalue weighted by Crippen LogP contribution is -2.37. The molecule has 0 radical (unpaired) electrons. The van der Waals surface area contributed by atoms with Gasteiger partial charge in [0.2, 0.25) is 11.9 Å². The fourth-order valence-corrected chi connectivity index (χ4v) is 5.15. The van der Waals surface area contributed by atoms with Crippen LogP contribution >= 0.6 is 0 Å². The Hall–Kier alpha value is -3.32. The van der Waals surface area contributed by atoms with Gasteiger partial charge in [-0.2, -0.15) is 0 Å². The number of cyclic esters (lactones) is 1. The normalized spacial score (nSPS) is 15.3. The molecule has 1 aliphatic heterocycles. The minimum atomic E-state index is -1.10. The van der Waals surface area contributed by atoms with Crippen molar-refractivity contribution in [2.45, 2.75) is 122 Å². The van der Waals surface area contributed by atoms with Crippen molar-refractivity contribution in [1.82, 2.24) is 0 Å². The Kier molecular flexibility index (Phi) is 16.3. The molecule has 0 saturated heterocycles. The predicted octanol–water partition coefficient (Wildman–Crippen LogP) is 7.94. The summed E-state index contributed by atoms with van der Waals surface area (Å²) in [6, 6.07) is 18.9. The zero-order valence-corrected chi connectivity index (χ0v) is 25.8. The molecule has 0 amide bonds. The summed E-state index contributed by atoms with van der Waals surface area (Å²) >= 11 is 0. The average Bonchev–Trinajstić information content (AvgIpc) is 3.35. The molecule has 7 nitrogen and oxygen atoms in total. The molecule has 1 heterocycles. The maximum atomic E-state index is 12.8. The molecule has 0 saturated carbocycles. The van der Waals surface area contributed by atoms with Gasteiger partial charge in [0, 0.05) is 6.42 Å². The van der Waals surface area contributed by atoms with Gasteiger partial charge in [0.1, 0.15) is 13.2 Å². The van der Waals surface area contributed by atoms with E-state index in [2.05, 4.69) is 6.92 Å². The molecule has 7 heteroatoms. The van der Waals surface area contributed by atoms with E-state index >= 15 is 0 Å². The number of aliphatic hydroxyl groups is 1. The highest BCUT2D eigenvalue weighted by atomic mass is 16.6. The molecule has 0 fully saturated rings. The second kappa shape index (κ2) is 20.6. The predicted molar refractivity (Wildman–Crippen MR) is 167 cm³/mol. The van der Waals surface area contributed by atoms with Crippen molar-refractivity contribution in [3.05, 3.63) is 83.3 Å². The van der Waals surface area contributed by atoms with Crippen molar-refractivity contribution in [3.8, 4) is 0 Å². The Morgan fingerprint density at radius 2 is 1.23 bits per heavy atom. The van der Waals surface area contributed by atoms with Crippen LogP contribution in [0.5, 0.6) is 0 Å². The summed E-state index contributed by atoms with van der Waals surface area (Å²) in [7, 11) is 0. The van der Waals surface area contributed by atoms with Gasteiger partial charge in [0.05, 0.1) is 6.61 Å². The first-order chi connectivity index (χ1) is 21.1. The van der Waals surface area contributed by atoms with Crippen molar-refractivity contribution < 1.29 is 33.6 Å². The third kappa shape index (κ3) is 12.8. The summed E-state index contributed by atoms with van der Waals surface area (Å²) in [6.45, 7) is 2.02. The van der Waals surface area contributed by atoms with Crippen LogP contribution in [0.3, 0.4) is 0 Å². The molecule has 43 heavy (non-hydrogen) atoms. The molecule has 0 spiro atoms. The topological polar surface area (TPSA) is 91.3 Å². The number of hydrogen-bond donors (Lipinski definition) is 1. The van der Waals surface area contributed by atoms with Crippen LogP contribution in [-0.2, 0) is 41.8 Å². The van der Waals surface area contributed by atoms with Crippen LogP contribution in [0, 0.1) is 0 Å². The number of rotatable bonds is 23. The lowest BCUT2D eigenvalue weighted by Gasteiger charge is -2.23. The standard InChI is InChI=1S/C36H50O7/c1-2-3-4-5-6-7-8-9-10-11-12-13-20-25-32(38)42-31(26-37)33-34(40-27-29-21-16-14-17-22-29)35(36(39)43-33)41-28-30-23-18-15-19-24-30/h14-19,21-24,31,33,37H,2-13,20,25-28H2,1H3/t31-,33+/m0/s1. The molecule has 2 aromatic carbocycles.